The highest BCUT2D eigenvalue weighted by Gasteiger charge is 2.59. The van der Waals surface area contributed by atoms with Gasteiger partial charge in [-0.1, -0.05) is 20.3 Å². The molecule has 4 heteroatoms. The summed E-state index contributed by atoms with van der Waals surface area (Å²) in [4.78, 5) is 12.2. The first-order valence-corrected chi connectivity index (χ1v) is 7.66. The Labute approximate surface area is 115 Å². The van der Waals surface area contributed by atoms with Crippen molar-refractivity contribution in [2.45, 2.75) is 64.1 Å². The first-order valence-electron chi connectivity index (χ1n) is 7.66. The molecule has 3 N–H and O–H groups in total. The van der Waals surface area contributed by atoms with Crippen molar-refractivity contribution < 1.29 is 9.53 Å². The Morgan fingerprint density at radius 1 is 1.37 bits per heavy atom. The molecule has 0 radical (unpaired) electrons. The molecule has 5 atom stereocenters. The largest absolute Gasteiger partial charge is 0.377 e. The number of rotatable bonds is 3. The van der Waals surface area contributed by atoms with Crippen LogP contribution in [0.1, 0.15) is 46.0 Å². The van der Waals surface area contributed by atoms with Gasteiger partial charge in [-0.25, -0.2) is 0 Å². The molecule has 0 aromatic carbocycles. The fourth-order valence-corrected chi connectivity index (χ4v) is 4.41. The van der Waals surface area contributed by atoms with Crippen LogP contribution in [0, 0.1) is 17.3 Å². The summed E-state index contributed by atoms with van der Waals surface area (Å²) in [5.74, 6) is 1.10. The van der Waals surface area contributed by atoms with Gasteiger partial charge >= 0.3 is 0 Å². The Morgan fingerprint density at radius 2 is 2.16 bits per heavy atom. The van der Waals surface area contributed by atoms with E-state index < -0.39 is 0 Å². The van der Waals surface area contributed by atoms with Crippen molar-refractivity contribution in [2.75, 3.05) is 6.61 Å². The SMILES string of the molecule is CC1(C)C(NC(=O)C[C@@H]2CCC[C@H]2N)C2CCOC21. The normalized spacial score (nSPS) is 43.6. The molecule has 3 rings (SSSR count). The number of nitrogens with one attached hydrogen (secondary N) is 1. The van der Waals surface area contributed by atoms with Crippen LogP contribution < -0.4 is 11.1 Å². The Kier molecular flexibility index (Phi) is 3.34. The van der Waals surface area contributed by atoms with Gasteiger partial charge < -0.3 is 15.8 Å². The molecule has 1 amide bonds. The quantitative estimate of drug-likeness (QED) is 0.812. The van der Waals surface area contributed by atoms with E-state index in [9.17, 15) is 4.79 Å². The molecule has 4 nitrogen and oxygen atoms in total. The number of carbonyl (C=O) groups excluding carboxylic acids is 1. The molecule has 108 valence electrons. The standard InChI is InChI=1S/C15H26N2O2/c1-15(2)13(10-6-7-19-14(10)15)17-12(18)8-9-4-3-5-11(9)16/h9-11,13-14H,3-8,16H2,1-2H3,(H,17,18)/t9-,10?,11+,13?,14?/m0/s1. The Balaban J connectivity index is 1.55. The maximum atomic E-state index is 12.2. The second-order valence-corrected chi connectivity index (χ2v) is 7.17. The van der Waals surface area contributed by atoms with Gasteiger partial charge in [-0.05, 0) is 25.2 Å². The molecule has 3 unspecified atom stereocenters. The van der Waals surface area contributed by atoms with E-state index in [1.807, 2.05) is 0 Å². The number of carbonyl (C=O) groups is 1. The molecule has 1 aliphatic heterocycles. The van der Waals surface area contributed by atoms with Gasteiger partial charge in [0, 0.05) is 36.4 Å². The van der Waals surface area contributed by atoms with E-state index in [-0.39, 0.29) is 23.4 Å². The van der Waals surface area contributed by atoms with Gasteiger partial charge in [-0.15, -0.1) is 0 Å². The smallest absolute Gasteiger partial charge is 0.220 e. The van der Waals surface area contributed by atoms with Gasteiger partial charge in [0.15, 0.2) is 0 Å². The molecular formula is C15H26N2O2. The van der Waals surface area contributed by atoms with E-state index in [1.165, 1.54) is 6.42 Å². The zero-order chi connectivity index (χ0) is 13.6. The third kappa shape index (κ3) is 2.19. The third-order valence-electron chi connectivity index (χ3n) is 5.58. The van der Waals surface area contributed by atoms with Gasteiger partial charge in [-0.2, -0.15) is 0 Å². The monoisotopic (exact) mass is 266 g/mol. The fraction of sp³-hybridized carbons (Fsp3) is 0.933. The Hall–Kier alpha value is -0.610. The van der Waals surface area contributed by atoms with Gasteiger partial charge in [0.1, 0.15) is 0 Å². The number of fused-ring (bicyclic) bond motifs is 1. The molecule has 1 saturated heterocycles. The molecule has 3 aliphatic rings. The highest BCUT2D eigenvalue weighted by molar-refractivity contribution is 5.77. The lowest BCUT2D eigenvalue weighted by atomic mass is 9.57. The lowest BCUT2D eigenvalue weighted by Gasteiger charge is -2.54. The van der Waals surface area contributed by atoms with Crippen LogP contribution in [0.15, 0.2) is 0 Å². The zero-order valence-corrected chi connectivity index (χ0v) is 12.0. The van der Waals surface area contributed by atoms with Crippen LogP contribution in [0.2, 0.25) is 0 Å². The van der Waals surface area contributed by atoms with Gasteiger partial charge in [-0.3, -0.25) is 4.79 Å². The maximum Gasteiger partial charge on any atom is 0.220 e. The fourth-order valence-electron chi connectivity index (χ4n) is 4.41. The highest BCUT2D eigenvalue weighted by Crippen LogP contribution is 2.52. The lowest BCUT2D eigenvalue weighted by molar-refractivity contribution is -0.138. The van der Waals surface area contributed by atoms with Crippen molar-refractivity contribution in [3.8, 4) is 0 Å². The molecule has 19 heavy (non-hydrogen) atoms. The van der Waals surface area contributed by atoms with Crippen LogP contribution in [0.4, 0.5) is 0 Å². The highest BCUT2D eigenvalue weighted by atomic mass is 16.5. The number of nitrogens with two attached hydrogens (primary N) is 1. The average Bonchev–Trinajstić information content (AvgIpc) is 2.95. The second kappa shape index (κ2) is 4.74. The van der Waals surface area contributed by atoms with Crippen LogP contribution >= 0.6 is 0 Å². The van der Waals surface area contributed by atoms with Crippen molar-refractivity contribution >= 4 is 5.91 Å². The minimum absolute atomic E-state index is 0.0780. The summed E-state index contributed by atoms with van der Waals surface area (Å²) < 4.78 is 5.76. The minimum atomic E-state index is 0.0780. The molecule has 0 bridgehead atoms. The van der Waals surface area contributed by atoms with E-state index in [1.54, 1.807) is 0 Å². The van der Waals surface area contributed by atoms with Gasteiger partial charge in [0.25, 0.3) is 0 Å². The summed E-state index contributed by atoms with van der Waals surface area (Å²) in [6.07, 6.45) is 5.38. The van der Waals surface area contributed by atoms with E-state index in [4.69, 9.17) is 10.5 Å². The molecule has 0 aromatic rings. The predicted octanol–water partition coefficient (Wildman–Crippen LogP) is 1.43. The molecule has 0 spiro atoms. The van der Waals surface area contributed by atoms with Crippen LogP contribution in [-0.4, -0.2) is 30.7 Å². The summed E-state index contributed by atoms with van der Waals surface area (Å²) in [5.41, 5.74) is 6.12. The van der Waals surface area contributed by atoms with Crippen LogP contribution in [0.3, 0.4) is 0 Å². The summed E-state index contributed by atoms with van der Waals surface area (Å²) >= 11 is 0. The lowest BCUT2D eigenvalue weighted by Crippen LogP contribution is -2.66. The minimum Gasteiger partial charge on any atom is -0.377 e. The molecule has 2 aliphatic carbocycles. The molecular weight excluding hydrogens is 240 g/mol. The van der Waals surface area contributed by atoms with Crippen molar-refractivity contribution in [3.05, 3.63) is 0 Å². The van der Waals surface area contributed by atoms with Gasteiger partial charge in [0.05, 0.1) is 6.10 Å². The van der Waals surface area contributed by atoms with Crippen LogP contribution in [0.25, 0.3) is 0 Å². The summed E-state index contributed by atoms with van der Waals surface area (Å²) in [6, 6.07) is 0.507. The molecule has 0 aromatic heterocycles. The van der Waals surface area contributed by atoms with Gasteiger partial charge in [0.2, 0.25) is 5.91 Å². The second-order valence-electron chi connectivity index (χ2n) is 7.17. The number of hydrogen-bond acceptors (Lipinski definition) is 3. The van der Waals surface area contributed by atoms with E-state index in [0.717, 1.165) is 25.9 Å². The van der Waals surface area contributed by atoms with Crippen molar-refractivity contribution in [1.29, 1.82) is 0 Å². The summed E-state index contributed by atoms with van der Waals surface area (Å²) in [6.45, 7) is 5.25. The predicted molar refractivity (Wildman–Crippen MR) is 73.5 cm³/mol. The van der Waals surface area contributed by atoms with Crippen molar-refractivity contribution in [1.82, 2.24) is 5.32 Å². The number of ether oxygens (including phenoxy) is 1. The van der Waals surface area contributed by atoms with E-state index in [2.05, 4.69) is 19.2 Å². The Morgan fingerprint density at radius 3 is 2.84 bits per heavy atom. The summed E-state index contributed by atoms with van der Waals surface area (Å²) in [7, 11) is 0. The molecule has 3 fully saturated rings. The molecule has 2 saturated carbocycles. The third-order valence-corrected chi connectivity index (χ3v) is 5.58. The summed E-state index contributed by atoms with van der Waals surface area (Å²) in [5, 5.41) is 3.25. The van der Waals surface area contributed by atoms with Crippen LogP contribution in [-0.2, 0) is 9.53 Å². The molecule has 1 heterocycles. The first kappa shape index (κ1) is 13.4. The number of amides is 1. The average molecular weight is 266 g/mol. The number of hydrogen-bond donors (Lipinski definition) is 2. The van der Waals surface area contributed by atoms with E-state index >= 15 is 0 Å². The van der Waals surface area contributed by atoms with Crippen molar-refractivity contribution in [3.63, 3.8) is 0 Å². The Bertz CT molecular complexity index is 369. The zero-order valence-electron chi connectivity index (χ0n) is 12.0. The van der Waals surface area contributed by atoms with Crippen LogP contribution in [0.5, 0.6) is 0 Å². The van der Waals surface area contributed by atoms with Crippen molar-refractivity contribution in [2.24, 2.45) is 23.0 Å². The first-order chi connectivity index (χ1) is 9.00. The van der Waals surface area contributed by atoms with E-state index in [0.29, 0.717) is 24.4 Å². The maximum absolute atomic E-state index is 12.2. The topological polar surface area (TPSA) is 64.4 Å².